The van der Waals surface area contributed by atoms with Gasteiger partial charge in [0.25, 0.3) is 0 Å². The number of rotatable bonds is 3. The summed E-state index contributed by atoms with van der Waals surface area (Å²) in [5.41, 5.74) is 0.932. The predicted octanol–water partition coefficient (Wildman–Crippen LogP) is 0.573. The highest BCUT2D eigenvalue weighted by Gasteiger charge is 2.10. The molecule has 0 spiro atoms. The summed E-state index contributed by atoms with van der Waals surface area (Å²) in [4.78, 5) is 18.4. The second kappa shape index (κ2) is 3.97. The number of carboxylic acid groups (broad SMARTS) is 1. The van der Waals surface area contributed by atoms with Crippen molar-refractivity contribution in [3.63, 3.8) is 0 Å². The van der Waals surface area contributed by atoms with Gasteiger partial charge in [-0.3, -0.25) is 5.10 Å². The number of ether oxygens (including phenoxy) is 1. The number of H-pyrrole nitrogens is 1. The molecule has 0 unspecified atom stereocenters. The number of aromatic carboxylic acids is 1. The third kappa shape index (κ3) is 1.83. The van der Waals surface area contributed by atoms with Crippen molar-refractivity contribution in [3.05, 3.63) is 24.2 Å². The number of nitrogens with one attached hydrogen (secondary N) is 1. The Hall–Kier alpha value is -2.44. The van der Waals surface area contributed by atoms with Crippen LogP contribution in [-0.2, 0) is 0 Å². The summed E-state index contributed by atoms with van der Waals surface area (Å²) in [5.74, 6) is -0.676. The molecule has 0 saturated carbocycles. The lowest BCUT2D eigenvalue weighted by Gasteiger charge is -1.98. The number of methoxy groups -OCH3 is 1. The molecular weight excluding hydrogens is 212 g/mol. The largest absolute Gasteiger partial charge is 0.481 e. The lowest BCUT2D eigenvalue weighted by atomic mass is 10.3. The Morgan fingerprint density at radius 1 is 1.38 bits per heavy atom. The van der Waals surface area contributed by atoms with E-state index in [9.17, 15) is 4.79 Å². The van der Waals surface area contributed by atoms with E-state index in [4.69, 9.17) is 9.84 Å². The number of carboxylic acids is 1. The van der Waals surface area contributed by atoms with Gasteiger partial charge in [-0.05, 0) is 0 Å². The first kappa shape index (κ1) is 10.1. The van der Waals surface area contributed by atoms with Crippen molar-refractivity contribution in [1.82, 2.24) is 20.2 Å². The average molecular weight is 220 g/mol. The van der Waals surface area contributed by atoms with Gasteiger partial charge < -0.3 is 9.84 Å². The highest BCUT2D eigenvalue weighted by Crippen LogP contribution is 2.17. The molecule has 0 aliphatic heterocycles. The Labute approximate surface area is 90.1 Å². The van der Waals surface area contributed by atoms with Gasteiger partial charge in [0.2, 0.25) is 5.88 Å². The molecule has 2 N–H and O–H groups in total. The molecule has 7 nitrogen and oxygen atoms in total. The van der Waals surface area contributed by atoms with E-state index in [1.807, 2.05) is 0 Å². The number of aromatic nitrogens is 4. The molecule has 0 fully saturated rings. The van der Waals surface area contributed by atoms with Crippen LogP contribution in [0.1, 0.15) is 10.5 Å². The molecule has 0 atom stereocenters. The number of hydrogen-bond donors (Lipinski definition) is 2. The summed E-state index contributed by atoms with van der Waals surface area (Å²) < 4.78 is 4.93. The van der Waals surface area contributed by atoms with Crippen LogP contribution in [0.2, 0.25) is 0 Å². The Morgan fingerprint density at radius 3 is 2.81 bits per heavy atom. The maximum absolute atomic E-state index is 10.6. The maximum Gasteiger partial charge on any atom is 0.353 e. The second-order valence-electron chi connectivity index (χ2n) is 2.92. The highest BCUT2D eigenvalue weighted by molar-refractivity contribution is 5.86. The van der Waals surface area contributed by atoms with E-state index in [0.29, 0.717) is 17.3 Å². The molecule has 2 aromatic rings. The lowest BCUT2D eigenvalue weighted by Crippen LogP contribution is -1.95. The number of aromatic amines is 1. The van der Waals surface area contributed by atoms with Crippen LogP contribution in [0, 0.1) is 0 Å². The SMILES string of the molecule is COc1cc(-c2cc(C(=O)O)[nH]n2)ncn1. The molecule has 0 aromatic carbocycles. The van der Waals surface area contributed by atoms with Crippen LogP contribution in [0.4, 0.5) is 0 Å². The van der Waals surface area contributed by atoms with Crippen molar-refractivity contribution in [2.45, 2.75) is 0 Å². The summed E-state index contributed by atoms with van der Waals surface area (Å²) in [6.45, 7) is 0. The first-order valence-corrected chi connectivity index (χ1v) is 4.36. The van der Waals surface area contributed by atoms with E-state index in [1.54, 1.807) is 6.07 Å². The van der Waals surface area contributed by atoms with Crippen molar-refractivity contribution in [2.75, 3.05) is 7.11 Å². The first-order chi connectivity index (χ1) is 7.70. The molecule has 7 heteroatoms. The molecular formula is C9H8N4O3. The summed E-state index contributed by atoms with van der Waals surface area (Å²) in [6.07, 6.45) is 1.32. The van der Waals surface area contributed by atoms with Gasteiger partial charge in [0.15, 0.2) is 0 Å². The van der Waals surface area contributed by atoms with E-state index < -0.39 is 5.97 Å². The van der Waals surface area contributed by atoms with Crippen LogP contribution in [0.3, 0.4) is 0 Å². The van der Waals surface area contributed by atoms with E-state index in [0.717, 1.165) is 0 Å². The van der Waals surface area contributed by atoms with Crippen LogP contribution in [0.15, 0.2) is 18.5 Å². The van der Waals surface area contributed by atoms with Gasteiger partial charge in [0, 0.05) is 12.1 Å². The maximum atomic E-state index is 10.6. The van der Waals surface area contributed by atoms with Crippen molar-refractivity contribution in [2.24, 2.45) is 0 Å². The van der Waals surface area contributed by atoms with Gasteiger partial charge in [-0.2, -0.15) is 5.10 Å². The van der Waals surface area contributed by atoms with E-state index in [1.165, 1.54) is 19.5 Å². The van der Waals surface area contributed by atoms with E-state index in [2.05, 4.69) is 20.2 Å². The molecule has 0 amide bonds. The fourth-order valence-electron chi connectivity index (χ4n) is 1.15. The molecule has 0 aliphatic carbocycles. The van der Waals surface area contributed by atoms with Gasteiger partial charge in [0.1, 0.15) is 17.7 Å². The second-order valence-corrected chi connectivity index (χ2v) is 2.92. The van der Waals surface area contributed by atoms with E-state index >= 15 is 0 Å². The fourth-order valence-corrected chi connectivity index (χ4v) is 1.15. The summed E-state index contributed by atoms with van der Waals surface area (Å²) in [7, 11) is 1.49. The molecule has 0 radical (unpaired) electrons. The molecule has 2 rings (SSSR count). The van der Waals surface area contributed by atoms with Crippen LogP contribution < -0.4 is 4.74 Å². The zero-order valence-corrected chi connectivity index (χ0v) is 8.34. The molecule has 2 heterocycles. The van der Waals surface area contributed by atoms with Crippen LogP contribution in [0.25, 0.3) is 11.4 Å². The van der Waals surface area contributed by atoms with Crippen molar-refractivity contribution in [3.8, 4) is 17.3 Å². The Kier molecular flexibility index (Phi) is 2.50. The molecule has 0 bridgehead atoms. The van der Waals surface area contributed by atoms with Crippen LogP contribution in [-0.4, -0.2) is 38.4 Å². The molecule has 0 saturated heterocycles. The highest BCUT2D eigenvalue weighted by atomic mass is 16.5. The third-order valence-electron chi connectivity index (χ3n) is 1.92. The number of hydrogen-bond acceptors (Lipinski definition) is 5. The monoisotopic (exact) mass is 220 g/mol. The third-order valence-corrected chi connectivity index (χ3v) is 1.92. The Morgan fingerprint density at radius 2 is 2.19 bits per heavy atom. The molecule has 82 valence electrons. The van der Waals surface area contributed by atoms with E-state index in [-0.39, 0.29) is 5.69 Å². The smallest absolute Gasteiger partial charge is 0.353 e. The van der Waals surface area contributed by atoms with Gasteiger partial charge in [-0.25, -0.2) is 14.8 Å². The van der Waals surface area contributed by atoms with Crippen molar-refractivity contribution in [1.29, 1.82) is 0 Å². The molecule has 2 aromatic heterocycles. The van der Waals surface area contributed by atoms with Gasteiger partial charge in [-0.15, -0.1) is 0 Å². The van der Waals surface area contributed by atoms with Crippen LogP contribution in [0.5, 0.6) is 5.88 Å². The van der Waals surface area contributed by atoms with Crippen molar-refractivity contribution >= 4 is 5.97 Å². The zero-order valence-electron chi connectivity index (χ0n) is 8.34. The van der Waals surface area contributed by atoms with Gasteiger partial charge in [-0.1, -0.05) is 0 Å². The minimum atomic E-state index is -1.07. The number of nitrogens with zero attached hydrogens (tertiary/aromatic N) is 3. The summed E-state index contributed by atoms with van der Waals surface area (Å²) in [6, 6.07) is 2.96. The Bertz CT molecular complexity index is 523. The average Bonchev–Trinajstić information content (AvgIpc) is 2.78. The first-order valence-electron chi connectivity index (χ1n) is 4.36. The number of carbonyl (C=O) groups is 1. The molecule has 16 heavy (non-hydrogen) atoms. The normalized spacial score (nSPS) is 10.1. The fraction of sp³-hybridized carbons (Fsp3) is 0.111. The minimum Gasteiger partial charge on any atom is -0.481 e. The van der Waals surface area contributed by atoms with Crippen molar-refractivity contribution < 1.29 is 14.6 Å². The van der Waals surface area contributed by atoms with Crippen LogP contribution >= 0.6 is 0 Å². The quantitative estimate of drug-likeness (QED) is 0.784. The van der Waals surface area contributed by atoms with Gasteiger partial charge >= 0.3 is 5.97 Å². The summed E-state index contributed by atoms with van der Waals surface area (Å²) >= 11 is 0. The topological polar surface area (TPSA) is 101 Å². The predicted molar refractivity (Wildman–Crippen MR) is 53.1 cm³/mol. The molecule has 0 aliphatic rings. The summed E-state index contributed by atoms with van der Waals surface area (Å²) in [5, 5.41) is 14.9. The van der Waals surface area contributed by atoms with Gasteiger partial charge in [0.05, 0.1) is 12.8 Å². The minimum absolute atomic E-state index is 0.00702. The lowest BCUT2D eigenvalue weighted by molar-refractivity contribution is 0.0690. The zero-order chi connectivity index (χ0) is 11.5. The standard InChI is InChI=1S/C9H8N4O3/c1-16-8-3-5(10-4-11-8)6-2-7(9(14)15)13-12-6/h2-4H,1H3,(H,12,13)(H,14,15). The Balaban J connectivity index is 2.38.